The van der Waals surface area contributed by atoms with Crippen molar-refractivity contribution in [2.24, 2.45) is 5.92 Å². The number of carboxylic acids is 1. The highest BCUT2D eigenvalue weighted by atomic mass is 16.5. The second kappa shape index (κ2) is 6.16. The number of nitrogens with one attached hydrogen (secondary N) is 1. The Labute approximate surface area is 132 Å². The average molecular weight is 312 g/mol. The van der Waals surface area contributed by atoms with E-state index in [0.717, 1.165) is 12.8 Å². The number of carboxylic acid groups (broad SMARTS) is 1. The molecular formula is C16H28N2O4. The fourth-order valence-electron chi connectivity index (χ4n) is 4.08. The molecule has 22 heavy (non-hydrogen) atoms. The summed E-state index contributed by atoms with van der Waals surface area (Å²) in [5.41, 5.74) is 0.0304. The lowest BCUT2D eigenvalue weighted by molar-refractivity contribution is -0.159. The van der Waals surface area contributed by atoms with Crippen molar-refractivity contribution in [2.75, 3.05) is 19.7 Å². The maximum atomic E-state index is 12.5. The molecule has 2 rings (SSSR count). The molecule has 0 saturated carbocycles. The molecule has 2 N–H and O–H groups in total. The number of hydrogen-bond donors (Lipinski definition) is 2. The van der Waals surface area contributed by atoms with Crippen molar-refractivity contribution in [2.45, 2.75) is 64.1 Å². The van der Waals surface area contributed by atoms with Crippen LogP contribution in [-0.4, -0.2) is 58.8 Å². The van der Waals surface area contributed by atoms with Gasteiger partial charge in [0.1, 0.15) is 0 Å². The van der Waals surface area contributed by atoms with Crippen LogP contribution < -0.4 is 5.32 Å². The summed E-state index contributed by atoms with van der Waals surface area (Å²) in [7, 11) is 0. The molecule has 2 aliphatic rings. The first-order valence-electron chi connectivity index (χ1n) is 7.99. The number of carbonyl (C=O) groups is 2. The van der Waals surface area contributed by atoms with Gasteiger partial charge in [0, 0.05) is 24.0 Å². The summed E-state index contributed by atoms with van der Waals surface area (Å²) < 4.78 is 5.17. The van der Waals surface area contributed by atoms with E-state index in [-0.39, 0.29) is 23.5 Å². The van der Waals surface area contributed by atoms with Gasteiger partial charge in [0.05, 0.1) is 13.2 Å². The van der Waals surface area contributed by atoms with E-state index < -0.39 is 12.1 Å². The monoisotopic (exact) mass is 312 g/mol. The highest BCUT2D eigenvalue weighted by molar-refractivity contribution is 5.79. The molecule has 0 radical (unpaired) electrons. The van der Waals surface area contributed by atoms with E-state index in [1.807, 2.05) is 0 Å². The van der Waals surface area contributed by atoms with E-state index >= 15 is 0 Å². The van der Waals surface area contributed by atoms with Crippen LogP contribution in [0.25, 0.3) is 0 Å². The molecule has 0 aliphatic carbocycles. The van der Waals surface area contributed by atoms with Gasteiger partial charge in [0.25, 0.3) is 0 Å². The number of amides is 1. The van der Waals surface area contributed by atoms with Gasteiger partial charge in [-0.15, -0.1) is 0 Å². The molecule has 2 heterocycles. The van der Waals surface area contributed by atoms with Crippen molar-refractivity contribution in [3.8, 4) is 0 Å². The number of nitrogens with zero attached hydrogens (tertiary/aromatic N) is 1. The normalized spacial score (nSPS) is 28.4. The highest BCUT2D eigenvalue weighted by Crippen LogP contribution is 2.35. The van der Waals surface area contributed by atoms with Gasteiger partial charge in [-0.3, -0.25) is 4.79 Å². The quantitative estimate of drug-likeness (QED) is 0.820. The predicted molar refractivity (Wildman–Crippen MR) is 82.6 cm³/mol. The summed E-state index contributed by atoms with van der Waals surface area (Å²) in [5.74, 6) is -0.625. The van der Waals surface area contributed by atoms with Crippen LogP contribution in [0.1, 0.15) is 47.0 Å². The van der Waals surface area contributed by atoms with Crippen molar-refractivity contribution < 1.29 is 19.4 Å². The summed E-state index contributed by atoms with van der Waals surface area (Å²) in [5, 5.41) is 12.6. The number of carbonyl (C=O) groups excluding carboxylic acids is 1. The van der Waals surface area contributed by atoms with Gasteiger partial charge in [-0.1, -0.05) is 0 Å². The van der Waals surface area contributed by atoms with Crippen molar-refractivity contribution >= 4 is 11.9 Å². The molecule has 0 spiro atoms. The van der Waals surface area contributed by atoms with Crippen LogP contribution >= 0.6 is 0 Å². The van der Waals surface area contributed by atoms with E-state index in [1.165, 1.54) is 0 Å². The molecule has 126 valence electrons. The molecular weight excluding hydrogens is 284 g/mol. The summed E-state index contributed by atoms with van der Waals surface area (Å²) >= 11 is 0. The number of aliphatic carboxylic acids is 1. The van der Waals surface area contributed by atoms with E-state index in [4.69, 9.17) is 9.84 Å². The molecule has 2 fully saturated rings. The Morgan fingerprint density at radius 1 is 1.23 bits per heavy atom. The van der Waals surface area contributed by atoms with E-state index in [1.54, 1.807) is 4.90 Å². The molecule has 0 aromatic heterocycles. The van der Waals surface area contributed by atoms with E-state index in [9.17, 15) is 9.59 Å². The molecule has 6 nitrogen and oxygen atoms in total. The van der Waals surface area contributed by atoms with Gasteiger partial charge in [0.2, 0.25) is 5.91 Å². The fourth-order valence-corrected chi connectivity index (χ4v) is 4.08. The molecule has 0 aromatic carbocycles. The van der Waals surface area contributed by atoms with Crippen LogP contribution in [0.4, 0.5) is 0 Å². The lowest BCUT2D eigenvalue weighted by Gasteiger charge is -2.46. The minimum absolute atomic E-state index is 0.0152. The molecule has 0 bridgehead atoms. The summed E-state index contributed by atoms with van der Waals surface area (Å²) in [4.78, 5) is 25.2. The molecule has 2 aliphatic heterocycles. The number of rotatable bonds is 3. The Bertz CT molecular complexity index is 431. The van der Waals surface area contributed by atoms with Gasteiger partial charge in [-0.25, -0.2) is 4.79 Å². The van der Waals surface area contributed by atoms with Crippen LogP contribution in [0.5, 0.6) is 0 Å². The molecule has 6 heteroatoms. The number of piperidine rings is 1. The molecule has 1 unspecified atom stereocenters. The summed E-state index contributed by atoms with van der Waals surface area (Å²) in [6.45, 7) is 9.61. The molecule has 1 amide bonds. The maximum Gasteiger partial charge on any atom is 0.334 e. The lowest BCUT2D eigenvalue weighted by atomic mass is 9.74. The third-order valence-corrected chi connectivity index (χ3v) is 4.43. The van der Waals surface area contributed by atoms with Crippen molar-refractivity contribution in [3.63, 3.8) is 0 Å². The van der Waals surface area contributed by atoms with Crippen molar-refractivity contribution in [3.05, 3.63) is 0 Å². The first kappa shape index (κ1) is 17.2. The summed E-state index contributed by atoms with van der Waals surface area (Å²) in [6.07, 6.45) is 1.50. The van der Waals surface area contributed by atoms with Crippen molar-refractivity contribution in [1.82, 2.24) is 10.2 Å². The largest absolute Gasteiger partial charge is 0.479 e. The number of hydrogen-bond acceptors (Lipinski definition) is 4. The molecule has 1 atom stereocenters. The van der Waals surface area contributed by atoms with E-state index in [2.05, 4.69) is 33.0 Å². The molecule has 0 aromatic rings. The Morgan fingerprint density at radius 2 is 1.82 bits per heavy atom. The SMILES string of the molecule is CC1(C)CC(CC(=O)N2CCOC(C(=O)O)C2)CC(C)(C)N1. The van der Waals surface area contributed by atoms with E-state index in [0.29, 0.717) is 25.5 Å². The standard InChI is InChI=1S/C16H28N2O4/c1-15(2)8-11(9-16(3,4)17-15)7-13(19)18-5-6-22-12(10-18)14(20)21/h11-12,17H,5-10H2,1-4H3,(H,20,21). The van der Waals surface area contributed by atoms with Gasteiger partial charge >= 0.3 is 5.97 Å². The zero-order valence-corrected chi connectivity index (χ0v) is 14.0. The maximum absolute atomic E-state index is 12.5. The minimum atomic E-state index is -0.998. The lowest BCUT2D eigenvalue weighted by Crippen LogP contribution is -2.58. The Balaban J connectivity index is 1.95. The van der Waals surface area contributed by atoms with Crippen molar-refractivity contribution in [1.29, 1.82) is 0 Å². The molecule has 2 saturated heterocycles. The Morgan fingerprint density at radius 3 is 2.36 bits per heavy atom. The van der Waals surface area contributed by atoms with Crippen LogP contribution in [0.3, 0.4) is 0 Å². The van der Waals surface area contributed by atoms with Gasteiger partial charge in [0.15, 0.2) is 6.10 Å². The highest BCUT2D eigenvalue weighted by Gasteiger charge is 2.39. The second-order valence-electron chi connectivity index (χ2n) is 7.91. The number of ether oxygens (including phenoxy) is 1. The van der Waals surface area contributed by atoms with Gasteiger partial charge < -0.3 is 20.1 Å². The average Bonchev–Trinajstić information content (AvgIpc) is 2.34. The first-order valence-corrected chi connectivity index (χ1v) is 7.99. The zero-order chi connectivity index (χ0) is 16.5. The third-order valence-electron chi connectivity index (χ3n) is 4.43. The fraction of sp³-hybridized carbons (Fsp3) is 0.875. The van der Waals surface area contributed by atoms with Crippen LogP contribution in [-0.2, 0) is 14.3 Å². The number of morpholine rings is 1. The summed E-state index contributed by atoms with van der Waals surface area (Å²) in [6, 6.07) is 0. The minimum Gasteiger partial charge on any atom is -0.479 e. The Kier molecular flexibility index (Phi) is 4.82. The van der Waals surface area contributed by atoms with Crippen LogP contribution in [0.15, 0.2) is 0 Å². The van der Waals surface area contributed by atoms with Gasteiger partial charge in [-0.2, -0.15) is 0 Å². The predicted octanol–water partition coefficient (Wildman–Crippen LogP) is 1.25. The first-order chi connectivity index (χ1) is 10.1. The third kappa shape index (κ3) is 4.43. The zero-order valence-electron chi connectivity index (χ0n) is 14.0. The Hall–Kier alpha value is -1.14. The van der Waals surface area contributed by atoms with Gasteiger partial charge in [-0.05, 0) is 46.5 Å². The topological polar surface area (TPSA) is 78.9 Å². The van der Waals surface area contributed by atoms with Crippen LogP contribution in [0.2, 0.25) is 0 Å². The second-order valence-corrected chi connectivity index (χ2v) is 7.91. The smallest absolute Gasteiger partial charge is 0.334 e. The van der Waals surface area contributed by atoms with Crippen LogP contribution in [0, 0.1) is 5.92 Å².